The molecular formula is C24H16N2O3S. The van der Waals surface area contributed by atoms with Crippen molar-refractivity contribution in [2.75, 3.05) is 0 Å². The Kier molecular flexibility index (Phi) is 5.59. The summed E-state index contributed by atoms with van der Waals surface area (Å²) in [5.74, 6) is -1.50. The zero-order valence-corrected chi connectivity index (χ0v) is 16.6. The van der Waals surface area contributed by atoms with Crippen molar-refractivity contribution < 1.29 is 14.4 Å². The molecule has 0 N–H and O–H groups in total. The van der Waals surface area contributed by atoms with Gasteiger partial charge in [0.15, 0.2) is 11.6 Å². The van der Waals surface area contributed by atoms with Crippen LogP contribution in [0.25, 0.3) is 5.70 Å². The molecule has 0 aliphatic rings. The van der Waals surface area contributed by atoms with E-state index in [2.05, 4.69) is 5.10 Å². The van der Waals surface area contributed by atoms with Crippen molar-refractivity contribution in [2.45, 2.75) is 0 Å². The molecule has 0 spiro atoms. The van der Waals surface area contributed by atoms with Crippen LogP contribution in [-0.4, -0.2) is 27.1 Å². The van der Waals surface area contributed by atoms with Crippen LogP contribution in [0, 0.1) is 0 Å². The summed E-state index contributed by atoms with van der Waals surface area (Å²) < 4.78 is 1.29. The number of carbonyl (C=O) groups is 3. The molecule has 0 saturated carbocycles. The van der Waals surface area contributed by atoms with Gasteiger partial charge in [0.1, 0.15) is 11.3 Å². The zero-order chi connectivity index (χ0) is 20.9. The Bertz CT molecular complexity index is 1160. The number of thiophene rings is 1. The summed E-state index contributed by atoms with van der Waals surface area (Å²) in [5.41, 5.74) is 0.747. The molecule has 2 aromatic carbocycles. The molecule has 0 aliphatic carbocycles. The summed E-state index contributed by atoms with van der Waals surface area (Å²) in [7, 11) is 0. The zero-order valence-electron chi connectivity index (χ0n) is 15.8. The van der Waals surface area contributed by atoms with Gasteiger partial charge in [-0.15, -0.1) is 0 Å². The summed E-state index contributed by atoms with van der Waals surface area (Å²) in [4.78, 5) is 40.4. The monoisotopic (exact) mass is 412 g/mol. The highest BCUT2D eigenvalue weighted by molar-refractivity contribution is 7.08. The largest absolute Gasteiger partial charge is 0.288 e. The predicted octanol–water partition coefficient (Wildman–Crippen LogP) is 4.80. The van der Waals surface area contributed by atoms with E-state index in [9.17, 15) is 14.4 Å². The fourth-order valence-electron chi connectivity index (χ4n) is 3.05. The number of allylic oxidation sites excluding steroid dienone is 2. The molecule has 5 nitrogen and oxygen atoms in total. The average Bonchev–Trinajstić information content (AvgIpc) is 3.52. The first kappa shape index (κ1) is 19.4. The molecule has 2 aromatic heterocycles. The lowest BCUT2D eigenvalue weighted by atomic mass is 9.92. The van der Waals surface area contributed by atoms with Crippen molar-refractivity contribution in [3.05, 3.63) is 118 Å². The number of Topliss-reactive ketones (excluding diaryl/α,β-unsaturated/α-hetero) is 3. The van der Waals surface area contributed by atoms with Crippen LogP contribution in [0.5, 0.6) is 0 Å². The van der Waals surface area contributed by atoms with E-state index in [4.69, 9.17) is 0 Å². The van der Waals surface area contributed by atoms with Crippen LogP contribution in [0.3, 0.4) is 0 Å². The number of hydrogen-bond donors (Lipinski definition) is 0. The summed E-state index contributed by atoms with van der Waals surface area (Å²) in [6.45, 7) is 0. The van der Waals surface area contributed by atoms with Crippen LogP contribution in [0.4, 0.5) is 0 Å². The van der Waals surface area contributed by atoms with Gasteiger partial charge in [0.2, 0.25) is 5.78 Å². The van der Waals surface area contributed by atoms with Gasteiger partial charge >= 0.3 is 0 Å². The molecular weight excluding hydrogens is 396 g/mol. The van der Waals surface area contributed by atoms with Gasteiger partial charge in [0.05, 0.1) is 0 Å². The highest BCUT2D eigenvalue weighted by Crippen LogP contribution is 2.25. The van der Waals surface area contributed by atoms with Crippen molar-refractivity contribution in [2.24, 2.45) is 0 Å². The molecule has 0 aliphatic heterocycles. The second kappa shape index (κ2) is 8.63. The second-order valence-electron chi connectivity index (χ2n) is 6.41. The van der Waals surface area contributed by atoms with Crippen LogP contribution in [0.15, 0.2) is 102 Å². The van der Waals surface area contributed by atoms with Crippen molar-refractivity contribution in [3.63, 3.8) is 0 Å². The Morgan fingerprint density at radius 2 is 1.30 bits per heavy atom. The van der Waals surface area contributed by atoms with Gasteiger partial charge in [-0.25, -0.2) is 4.68 Å². The van der Waals surface area contributed by atoms with Crippen LogP contribution in [-0.2, 0) is 0 Å². The fourth-order valence-corrected chi connectivity index (χ4v) is 3.69. The normalized spacial score (nSPS) is 10.4. The Morgan fingerprint density at radius 1 is 0.700 bits per heavy atom. The minimum atomic E-state index is -0.529. The summed E-state index contributed by atoms with van der Waals surface area (Å²) in [5, 5.41) is 7.61. The van der Waals surface area contributed by atoms with Gasteiger partial charge < -0.3 is 0 Å². The molecule has 0 radical (unpaired) electrons. The summed E-state index contributed by atoms with van der Waals surface area (Å²) in [6.07, 6.45) is 3.05. The minimum Gasteiger partial charge on any atom is -0.288 e. The summed E-state index contributed by atoms with van der Waals surface area (Å²) >= 11 is 1.36. The molecule has 6 heteroatoms. The van der Waals surface area contributed by atoms with Crippen LogP contribution < -0.4 is 0 Å². The van der Waals surface area contributed by atoms with Crippen molar-refractivity contribution in [1.29, 1.82) is 0 Å². The van der Waals surface area contributed by atoms with E-state index in [1.54, 1.807) is 89.8 Å². The molecule has 0 bridgehead atoms. The molecule has 0 atom stereocenters. The van der Waals surface area contributed by atoms with E-state index in [-0.39, 0.29) is 11.3 Å². The Hall–Kier alpha value is -3.90. The number of carbonyl (C=O) groups excluding carboxylic acids is 3. The molecule has 0 unspecified atom stereocenters. The highest BCUT2D eigenvalue weighted by atomic mass is 32.1. The smallest absolute Gasteiger partial charge is 0.213 e. The van der Waals surface area contributed by atoms with Crippen LogP contribution in [0.1, 0.15) is 31.1 Å². The van der Waals surface area contributed by atoms with Gasteiger partial charge in [-0.1, -0.05) is 60.7 Å². The third kappa shape index (κ3) is 3.81. The van der Waals surface area contributed by atoms with Crippen molar-refractivity contribution >= 4 is 34.4 Å². The maximum Gasteiger partial charge on any atom is 0.213 e. The van der Waals surface area contributed by atoms with E-state index in [1.807, 2.05) is 0 Å². The van der Waals surface area contributed by atoms with E-state index in [0.717, 1.165) is 0 Å². The van der Waals surface area contributed by atoms with Crippen LogP contribution in [0.2, 0.25) is 0 Å². The number of nitrogens with zero attached hydrogens (tertiary/aromatic N) is 2. The van der Waals surface area contributed by atoms with E-state index in [0.29, 0.717) is 16.7 Å². The lowest BCUT2D eigenvalue weighted by Gasteiger charge is -2.14. The standard InChI is InChI=1S/C24H16N2O3S/c27-22(17-8-3-1-4-9-17)20(23(28)18-10-5-2-6-11-18)21(26-14-7-13-25-26)24(29)19-12-15-30-16-19/h1-16H. The Balaban J connectivity index is 1.99. The Labute approximate surface area is 176 Å². The summed E-state index contributed by atoms with van der Waals surface area (Å²) in [6, 6.07) is 20.2. The third-order valence-electron chi connectivity index (χ3n) is 4.49. The topological polar surface area (TPSA) is 69.0 Å². The van der Waals surface area contributed by atoms with E-state index < -0.39 is 17.3 Å². The van der Waals surface area contributed by atoms with Crippen molar-refractivity contribution in [3.8, 4) is 0 Å². The lowest BCUT2D eigenvalue weighted by molar-refractivity contribution is 0.0950. The SMILES string of the molecule is O=C(C(C(=O)c1ccccc1)=C(C(=O)c1ccsc1)n1cccn1)c1ccccc1. The fraction of sp³-hybridized carbons (Fsp3) is 0. The van der Waals surface area contributed by atoms with Gasteiger partial charge in [-0.3, -0.25) is 14.4 Å². The second-order valence-corrected chi connectivity index (χ2v) is 7.19. The molecule has 30 heavy (non-hydrogen) atoms. The number of benzene rings is 2. The highest BCUT2D eigenvalue weighted by Gasteiger charge is 2.31. The Morgan fingerprint density at radius 3 is 1.77 bits per heavy atom. The quantitative estimate of drug-likeness (QED) is 0.189. The molecule has 0 fully saturated rings. The maximum atomic E-state index is 13.5. The van der Waals surface area contributed by atoms with E-state index in [1.165, 1.54) is 22.2 Å². The number of aromatic nitrogens is 2. The maximum absolute atomic E-state index is 13.5. The molecule has 0 saturated heterocycles. The van der Waals surface area contributed by atoms with Crippen LogP contribution >= 0.6 is 11.3 Å². The van der Waals surface area contributed by atoms with Gasteiger partial charge in [0, 0.05) is 34.5 Å². The van der Waals surface area contributed by atoms with Gasteiger partial charge in [0.25, 0.3) is 0 Å². The lowest BCUT2D eigenvalue weighted by Crippen LogP contribution is -2.22. The number of ketones is 3. The number of rotatable bonds is 7. The van der Waals surface area contributed by atoms with E-state index >= 15 is 0 Å². The molecule has 4 aromatic rings. The molecule has 2 heterocycles. The minimum absolute atomic E-state index is 0.0684. The first-order chi connectivity index (χ1) is 14.7. The molecule has 4 rings (SSSR count). The number of hydrogen-bond acceptors (Lipinski definition) is 5. The molecule has 146 valence electrons. The van der Waals surface area contributed by atoms with Gasteiger partial charge in [-0.2, -0.15) is 16.4 Å². The van der Waals surface area contributed by atoms with Gasteiger partial charge in [-0.05, 0) is 17.5 Å². The van der Waals surface area contributed by atoms with Crippen molar-refractivity contribution in [1.82, 2.24) is 9.78 Å². The third-order valence-corrected chi connectivity index (χ3v) is 5.18. The average molecular weight is 412 g/mol. The molecule has 0 amide bonds. The predicted molar refractivity (Wildman–Crippen MR) is 116 cm³/mol. The first-order valence-electron chi connectivity index (χ1n) is 9.17. The first-order valence-corrected chi connectivity index (χ1v) is 10.1.